The first kappa shape index (κ1) is 14.6. The third-order valence-electron chi connectivity index (χ3n) is 2.67. The van der Waals surface area contributed by atoms with Gasteiger partial charge in [-0.3, -0.25) is 4.72 Å². The fourth-order valence-corrected chi connectivity index (χ4v) is 3.19. The van der Waals surface area contributed by atoms with Crippen LogP contribution in [0.4, 0.5) is 15.8 Å². The highest BCUT2D eigenvalue weighted by Crippen LogP contribution is 2.25. The van der Waals surface area contributed by atoms with E-state index in [9.17, 15) is 12.8 Å². The van der Waals surface area contributed by atoms with Gasteiger partial charge < -0.3 is 5.73 Å². The maximum Gasteiger partial charge on any atom is 0.262 e. The molecular weight excluding hydrogens is 303 g/mol. The first-order valence-corrected chi connectivity index (χ1v) is 7.50. The number of halogens is 2. The van der Waals surface area contributed by atoms with Gasteiger partial charge in [0.15, 0.2) is 0 Å². The molecule has 2 aromatic rings. The van der Waals surface area contributed by atoms with E-state index in [2.05, 4.69) is 4.72 Å². The summed E-state index contributed by atoms with van der Waals surface area (Å²) >= 11 is 5.73. The van der Waals surface area contributed by atoms with E-state index < -0.39 is 15.8 Å². The van der Waals surface area contributed by atoms with Crippen molar-refractivity contribution in [1.29, 1.82) is 0 Å². The van der Waals surface area contributed by atoms with Gasteiger partial charge in [-0.25, -0.2) is 12.8 Å². The number of sulfonamides is 1. The Balaban J connectivity index is 2.46. The summed E-state index contributed by atoms with van der Waals surface area (Å²) in [6.45, 7) is 1.63. The Labute approximate surface area is 121 Å². The molecule has 0 aliphatic heterocycles. The minimum absolute atomic E-state index is 0.00289. The van der Waals surface area contributed by atoms with E-state index in [1.807, 2.05) is 0 Å². The molecular formula is C13H12ClFN2O2S. The SMILES string of the molecule is Cc1ccc(N)cc1S(=O)(=O)Nc1cc(Cl)ccc1F. The van der Waals surface area contributed by atoms with Crippen LogP contribution in [0.25, 0.3) is 0 Å². The second-order valence-corrected chi connectivity index (χ2v) is 6.34. The van der Waals surface area contributed by atoms with Crippen LogP contribution < -0.4 is 10.5 Å². The van der Waals surface area contributed by atoms with Crippen molar-refractivity contribution in [2.45, 2.75) is 11.8 Å². The Kier molecular flexibility index (Phi) is 3.87. The smallest absolute Gasteiger partial charge is 0.262 e. The monoisotopic (exact) mass is 314 g/mol. The zero-order chi connectivity index (χ0) is 14.9. The summed E-state index contributed by atoms with van der Waals surface area (Å²) in [4.78, 5) is -0.00289. The zero-order valence-corrected chi connectivity index (χ0v) is 12.1. The summed E-state index contributed by atoms with van der Waals surface area (Å²) in [5.74, 6) is -0.709. The average Bonchev–Trinajstić information content (AvgIpc) is 2.36. The quantitative estimate of drug-likeness (QED) is 0.855. The molecule has 0 amide bonds. The van der Waals surface area contributed by atoms with Crippen molar-refractivity contribution in [2.24, 2.45) is 0 Å². The summed E-state index contributed by atoms with van der Waals surface area (Å²) in [7, 11) is -3.93. The number of nitrogens with one attached hydrogen (secondary N) is 1. The van der Waals surface area contributed by atoms with Gasteiger partial charge in [0.05, 0.1) is 10.6 Å². The minimum atomic E-state index is -3.93. The van der Waals surface area contributed by atoms with Gasteiger partial charge in [-0.1, -0.05) is 17.7 Å². The molecule has 0 saturated carbocycles. The number of anilines is 2. The average molecular weight is 315 g/mol. The molecule has 2 rings (SSSR count). The molecule has 0 heterocycles. The molecule has 106 valence electrons. The summed E-state index contributed by atoms with van der Waals surface area (Å²) < 4.78 is 40.3. The minimum Gasteiger partial charge on any atom is -0.399 e. The molecule has 0 bridgehead atoms. The van der Waals surface area contributed by atoms with Crippen LogP contribution in [-0.2, 0) is 10.0 Å². The molecule has 0 aliphatic rings. The van der Waals surface area contributed by atoms with Crippen LogP contribution in [0.2, 0.25) is 5.02 Å². The Hall–Kier alpha value is -1.79. The second-order valence-electron chi connectivity index (χ2n) is 4.25. The Morgan fingerprint density at radius 3 is 2.60 bits per heavy atom. The Bertz CT molecular complexity index is 763. The predicted octanol–water partition coefficient (Wildman–Crippen LogP) is 3.17. The van der Waals surface area contributed by atoms with E-state index in [-0.39, 0.29) is 15.6 Å². The van der Waals surface area contributed by atoms with Gasteiger partial charge in [0.25, 0.3) is 10.0 Å². The standard InChI is InChI=1S/C13H12ClFN2O2S/c1-8-2-4-10(16)7-13(8)20(18,19)17-12-6-9(14)3-5-11(12)15/h2-7,17H,16H2,1H3. The zero-order valence-electron chi connectivity index (χ0n) is 10.5. The van der Waals surface area contributed by atoms with Crippen molar-refractivity contribution in [1.82, 2.24) is 0 Å². The first-order chi connectivity index (χ1) is 9.29. The maximum absolute atomic E-state index is 13.6. The van der Waals surface area contributed by atoms with Crippen LogP contribution in [0.15, 0.2) is 41.3 Å². The van der Waals surface area contributed by atoms with Gasteiger partial charge in [-0.2, -0.15) is 0 Å². The van der Waals surface area contributed by atoms with Crippen LogP contribution in [0.5, 0.6) is 0 Å². The van der Waals surface area contributed by atoms with Crippen molar-refractivity contribution in [3.8, 4) is 0 Å². The van der Waals surface area contributed by atoms with Crippen molar-refractivity contribution < 1.29 is 12.8 Å². The number of hydrogen-bond acceptors (Lipinski definition) is 3. The van der Waals surface area contributed by atoms with Gasteiger partial charge >= 0.3 is 0 Å². The van der Waals surface area contributed by atoms with Gasteiger partial charge in [-0.05, 0) is 42.8 Å². The largest absolute Gasteiger partial charge is 0.399 e. The van der Waals surface area contributed by atoms with Crippen molar-refractivity contribution >= 4 is 33.0 Å². The van der Waals surface area contributed by atoms with E-state index >= 15 is 0 Å². The highest BCUT2D eigenvalue weighted by atomic mass is 35.5. The van der Waals surface area contributed by atoms with E-state index in [1.54, 1.807) is 19.1 Å². The molecule has 3 N–H and O–H groups in total. The third-order valence-corrected chi connectivity index (χ3v) is 4.42. The summed E-state index contributed by atoms with van der Waals surface area (Å²) in [5, 5.41) is 0.230. The fraction of sp³-hybridized carbons (Fsp3) is 0.0769. The van der Waals surface area contributed by atoms with E-state index in [0.717, 1.165) is 6.07 Å². The first-order valence-electron chi connectivity index (χ1n) is 5.63. The highest BCUT2D eigenvalue weighted by Gasteiger charge is 2.19. The summed E-state index contributed by atoms with van der Waals surface area (Å²) in [5.41, 5.74) is 6.19. The number of benzene rings is 2. The van der Waals surface area contributed by atoms with E-state index in [1.165, 1.54) is 18.2 Å². The third kappa shape index (κ3) is 3.02. The van der Waals surface area contributed by atoms with Crippen molar-refractivity contribution in [3.05, 3.63) is 52.8 Å². The Morgan fingerprint density at radius 2 is 1.90 bits per heavy atom. The second kappa shape index (κ2) is 5.30. The lowest BCUT2D eigenvalue weighted by atomic mass is 10.2. The molecule has 0 atom stereocenters. The summed E-state index contributed by atoms with van der Waals surface area (Å²) in [6, 6.07) is 8.12. The lowest BCUT2D eigenvalue weighted by molar-refractivity contribution is 0.598. The van der Waals surface area contributed by atoms with Gasteiger partial charge in [0.2, 0.25) is 0 Å². The molecule has 20 heavy (non-hydrogen) atoms. The summed E-state index contributed by atoms with van der Waals surface area (Å²) in [6.07, 6.45) is 0. The number of rotatable bonds is 3. The Morgan fingerprint density at radius 1 is 1.20 bits per heavy atom. The predicted molar refractivity (Wildman–Crippen MR) is 77.8 cm³/mol. The van der Waals surface area contributed by atoms with Gasteiger partial charge in [0.1, 0.15) is 5.82 Å². The van der Waals surface area contributed by atoms with Crippen molar-refractivity contribution in [2.75, 3.05) is 10.5 Å². The van der Waals surface area contributed by atoms with Crippen molar-refractivity contribution in [3.63, 3.8) is 0 Å². The van der Waals surface area contributed by atoms with Gasteiger partial charge in [0, 0.05) is 10.7 Å². The molecule has 0 fully saturated rings. The van der Waals surface area contributed by atoms with E-state index in [0.29, 0.717) is 11.3 Å². The molecule has 0 saturated heterocycles. The number of nitrogen functional groups attached to an aromatic ring is 1. The van der Waals surface area contributed by atoms with Crippen LogP contribution in [-0.4, -0.2) is 8.42 Å². The molecule has 0 spiro atoms. The van der Waals surface area contributed by atoms with Crippen LogP contribution >= 0.6 is 11.6 Å². The van der Waals surface area contributed by atoms with Crippen LogP contribution in [0, 0.1) is 12.7 Å². The number of nitrogens with two attached hydrogens (primary N) is 1. The van der Waals surface area contributed by atoms with Crippen LogP contribution in [0.1, 0.15) is 5.56 Å². The number of aryl methyl sites for hydroxylation is 1. The lowest BCUT2D eigenvalue weighted by Gasteiger charge is -2.11. The normalized spacial score (nSPS) is 11.3. The lowest BCUT2D eigenvalue weighted by Crippen LogP contribution is -2.15. The molecule has 0 unspecified atom stereocenters. The number of hydrogen-bond donors (Lipinski definition) is 2. The van der Waals surface area contributed by atoms with Crippen LogP contribution in [0.3, 0.4) is 0 Å². The maximum atomic E-state index is 13.6. The van der Waals surface area contributed by atoms with E-state index in [4.69, 9.17) is 17.3 Å². The molecule has 0 aliphatic carbocycles. The fourth-order valence-electron chi connectivity index (χ4n) is 1.68. The molecule has 7 heteroatoms. The molecule has 4 nitrogen and oxygen atoms in total. The van der Waals surface area contributed by atoms with Gasteiger partial charge in [-0.15, -0.1) is 0 Å². The molecule has 0 aromatic heterocycles. The topological polar surface area (TPSA) is 72.2 Å². The molecule has 2 aromatic carbocycles. The highest BCUT2D eigenvalue weighted by molar-refractivity contribution is 7.92. The molecule has 0 radical (unpaired) electrons.